The maximum absolute atomic E-state index is 11.5. The molecule has 0 aliphatic carbocycles. The molecular weight excluding hydrogens is 224 g/mol. The fourth-order valence-electron chi connectivity index (χ4n) is 2.09. The summed E-state index contributed by atoms with van der Waals surface area (Å²) in [5, 5.41) is 0.603. The molecule has 6 heteroatoms. The van der Waals surface area contributed by atoms with Gasteiger partial charge in [-0.3, -0.25) is 14.5 Å². The predicted octanol–water partition coefficient (Wildman–Crippen LogP) is 0.0795. The molecule has 0 N–H and O–H groups in total. The van der Waals surface area contributed by atoms with Crippen LogP contribution in [0.15, 0.2) is 0 Å². The summed E-state index contributed by atoms with van der Waals surface area (Å²) in [6.45, 7) is 1.89. The fourth-order valence-corrected chi connectivity index (χ4v) is 2.09. The smallest absolute Gasteiger partial charge is 0.329 e. The van der Waals surface area contributed by atoms with Crippen molar-refractivity contribution in [2.75, 3.05) is 19.6 Å². The van der Waals surface area contributed by atoms with E-state index in [4.69, 9.17) is 4.84 Å². The molecule has 0 spiro atoms. The number of hydrogen-bond acceptors (Lipinski definition) is 5. The minimum absolute atomic E-state index is 0.135. The monoisotopic (exact) mass is 240 g/mol. The van der Waals surface area contributed by atoms with E-state index in [2.05, 4.69) is 0 Å². The van der Waals surface area contributed by atoms with Gasteiger partial charge in [-0.2, -0.15) is 0 Å². The van der Waals surface area contributed by atoms with E-state index in [1.807, 2.05) is 4.90 Å². The second-order valence-corrected chi connectivity index (χ2v) is 4.38. The van der Waals surface area contributed by atoms with E-state index in [0.29, 0.717) is 5.06 Å². The zero-order valence-corrected chi connectivity index (χ0v) is 9.68. The van der Waals surface area contributed by atoms with Gasteiger partial charge in [0.05, 0.1) is 6.54 Å². The van der Waals surface area contributed by atoms with E-state index in [-0.39, 0.29) is 19.4 Å². The number of hydroxylamine groups is 2. The molecule has 0 atom stereocenters. The summed E-state index contributed by atoms with van der Waals surface area (Å²) in [7, 11) is 0. The van der Waals surface area contributed by atoms with Crippen LogP contribution in [0.2, 0.25) is 0 Å². The summed E-state index contributed by atoms with van der Waals surface area (Å²) in [6, 6.07) is 0. The summed E-state index contributed by atoms with van der Waals surface area (Å²) in [5.41, 5.74) is 0. The predicted molar refractivity (Wildman–Crippen MR) is 57.5 cm³/mol. The van der Waals surface area contributed by atoms with Crippen molar-refractivity contribution in [3.8, 4) is 0 Å². The molecule has 2 heterocycles. The number of hydrogen-bond donors (Lipinski definition) is 0. The van der Waals surface area contributed by atoms with E-state index in [1.54, 1.807) is 0 Å². The lowest BCUT2D eigenvalue weighted by Gasteiger charge is -2.25. The van der Waals surface area contributed by atoms with Crippen molar-refractivity contribution < 1.29 is 19.2 Å². The Bertz CT molecular complexity index is 320. The number of piperidine rings is 1. The van der Waals surface area contributed by atoms with Gasteiger partial charge < -0.3 is 4.84 Å². The first-order valence-electron chi connectivity index (χ1n) is 5.96. The molecule has 6 nitrogen and oxygen atoms in total. The Labute approximate surface area is 99.4 Å². The first-order chi connectivity index (χ1) is 8.16. The number of imide groups is 1. The molecule has 17 heavy (non-hydrogen) atoms. The van der Waals surface area contributed by atoms with Crippen LogP contribution in [-0.2, 0) is 19.2 Å². The largest absolute Gasteiger partial charge is 0.347 e. The zero-order valence-electron chi connectivity index (χ0n) is 9.68. The first-order valence-corrected chi connectivity index (χ1v) is 5.96. The Morgan fingerprint density at radius 3 is 2.24 bits per heavy atom. The van der Waals surface area contributed by atoms with Crippen LogP contribution in [0.1, 0.15) is 32.1 Å². The highest BCUT2D eigenvalue weighted by atomic mass is 16.7. The minimum atomic E-state index is -0.532. The number of rotatable bonds is 3. The second-order valence-electron chi connectivity index (χ2n) is 4.38. The van der Waals surface area contributed by atoms with Gasteiger partial charge in [0.1, 0.15) is 0 Å². The van der Waals surface area contributed by atoms with Gasteiger partial charge in [-0.15, -0.1) is 5.06 Å². The van der Waals surface area contributed by atoms with E-state index in [0.717, 1.165) is 25.9 Å². The molecule has 2 amide bonds. The van der Waals surface area contributed by atoms with Gasteiger partial charge in [-0.25, -0.2) is 4.79 Å². The highest BCUT2D eigenvalue weighted by Gasteiger charge is 2.33. The van der Waals surface area contributed by atoms with Gasteiger partial charge in [-0.05, 0) is 25.9 Å². The molecule has 2 rings (SSSR count). The number of nitrogens with zero attached hydrogens (tertiary/aromatic N) is 2. The Balaban J connectivity index is 1.80. The molecule has 0 aromatic rings. The minimum Gasteiger partial charge on any atom is -0.329 e. The van der Waals surface area contributed by atoms with Crippen molar-refractivity contribution in [3.05, 3.63) is 0 Å². The molecule has 2 aliphatic rings. The number of likely N-dealkylation sites (tertiary alicyclic amines) is 1. The van der Waals surface area contributed by atoms with E-state index in [1.165, 1.54) is 6.42 Å². The Morgan fingerprint density at radius 1 is 1.06 bits per heavy atom. The molecule has 0 unspecified atom stereocenters. The summed E-state index contributed by atoms with van der Waals surface area (Å²) >= 11 is 0. The van der Waals surface area contributed by atoms with E-state index >= 15 is 0 Å². The summed E-state index contributed by atoms with van der Waals surface area (Å²) < 4.78 is 0. The molecule has 0 bridgehead atoms. The van der Waals surface area contributed by atoms with Crippen molar-refractivity contribution in [3.63, 3.8) is 0 Å². The SMILES string of the molecule is O=C(CN1CCCCC1)ON1C(=O)CCC1=O. The van der Waals surface area contributed by atoms with Crippen molar-refractivity contribution in [2.45, 2.75) is 32.1 Å². The van der Waals surface area contributed by atoms with Crippen molar-refractivity contribution in [1.29, 1.82) is 0 Å². The maximum Gasteiger partial charge on any atom is 0.347 e. The average molecular weight is 240 g/mol. The van der Waals surface area contributed by atoms with Crippen molar-refractivity contribution in [1.82, 2.24) is 9.96 Å². The highest BCUT2D eigenvalue weighted by Crippen LogP contribution is 2.13. The van der Waals surface area contributed by atoms with E-state index in [9.17, 15) is 14.4 Å². The van der Waals surface area contributed by atoms with Gasteiger partial charge in [0.2, 0.25) is 0 Å². The quantitative estimate of drug-likeness (QED) is 0.653. The summed E-state index contributed by atoms with van der Waals surface area (Å²) in [6.07, 6.45) is 3.62. The second kappa shape index (κ2) is 5.27. The van der Waals surface area contributed by atoms with Crippen LogP contribution >= 0.6 is 0 Å². The molecule has 0 saturated carbocycles. The molecule has 94 valence electrons. The summed E-state index contributed by atoms with van der Waals surface area (Å²) in [5.74, 6) is -1.39. The Morgan fingerprint density at radius 2 is 1.65 bits per heavy atom. The van der Waals surface area contributed by atoms with Crippen molar-refractivity contribution in [2.24, 2.45) is 0 Å². The molecule has 0 aromatic carbocycles. The van der Waals surface area contributed by atoms with Crippen molar-refractivity contribution >= 4 is 17.8 Å². The standard InChI is InChI=1S/C11H16N2O4/c14-9-4-5-10(15)13(9)17-11(16)8-12-6-2-1-3-7-12/h1-8H2. The van der Waals surface area contributed by atoms with Crippen LogP contribution in [0, 0.1) is 0 Å². The molecule has 0 radical (unpaired) electrons. The summed E-state index contributed by atoms with van der Waals surface area (Å²) in [4.78, 5) is 40.8. The van der Waals surface area contributed by atoms with Crippen LogP contribution in [0.3, 0.4) is 0 Å². The molecule has 2 saturated heterocycles. The average Bonchev–Trinajstić information content (AvgIpc) is 2.62. The highest BCUT2D eigenvalue weighted by molar-refractivity contribution is 6.01. The molecular formula is C11H16N2O4. The number of carbonyl (C=O) groups is 3. The maximum atomic E-state index is 11.5. The lowest BCUT2D eigenvalue weighted by atomic mass is 10.1. The topological polar surface area (TPSA) is 66.9 Å². The Hall–Kier alpha value is -1.43. The zero-order chi connectivity index (χ0) is 12.3. The van der Waals surface area contributed by atoms with E-state index < -0.39 is 17.8 Å². The molecule has 2 fully saturated rings. The Kier molecular flexibility index (Phi) is 3.73. The van der Waals surface area contributed by atoms with Crippen LogP contribution in [0.4, 0.5) is 0 Å². The van der Waals surface area contributed by atoms with Gasteiger partial charge in [0.15, 0.2) is 0 Å². The molecule has 0 aromatic heterocycles. The normalized spacial score (nSPS) is 22.0. The lowest BCUT2D eigenvalue weighted by molar-refractivity contribution is -0.198. The third-order valence-corrected chi connectivity index (χ3v) is 3.00. The molecule has 2 aliphatic heterocycles. The van der Waals surface area contributed by atoms with Crippen LogP contribution < -0.4 is 0 Å². The first kappa shape index (κ1) is 12.0. The third kappa shape index (κ3) is 3.03. The van der Waals surface area contributed by atoms with Gasteiger partial charge in [0, 0.05) is 12.8 Å². The van der Waals surface area contributed by atoms with Crippen LogP contribution in [0.25, 0.3) is 0 Å². The van der Waals surface area contributed by atoms with Crippen LogP contribution in [-0.4, -0.2) is 47.4 Å². The van der Waals surface area contributed by atoms with Crippen LogP contribution in [0.5, 0.6) is 0 Å². The fraction of sp³-hybridized carbons (Fsp3) is 0.727. The number of carbonyl (C=O) groups excluding carboxylic acids is 3. The van der Waals surface area contributed by atoms with Gasteiger partial charge >= 0.3 is 5.97 Å². The number of amides is 2. The van der Waals surface area contributed by atoms with Gasteiger partial charge in [0.25, 0.3) is 11.8 Å². The lowest BCUT2D eigenvalue weighted by Crippen LogP contribution is -2.39. The van der Waals surface area contributed by atoms with Gasteiger partial charge in [-0.1, -0.05) is 6.42 Å². The third-order valence-electron chi connectivity index (χ3n) is 3.00.